The number of imidazole rings is 1. The maximum atomic E-state index is 12.5. The van der Waals surface area contributed by atoms with Crippen LogP contribution < -0.4 is 19.5 Å². The van der Waals surface area contributed by atoms with E-state index < -0.39 is 0 Å². The molecule has 3 aromatic carbocycles. The number of para-hydroxylation sites is 2. The van der Waals surface area contributed by atoms with Gasteiger partial charge in [-0.3, -0.25) is 4.79 Å². The van der Waals surface area contributed by atoms with Crippen LogP contribution in [0.2, 0.25) is 0 Å². The minimum Gasteiger partial charge on any atom is -0.493 e. The Morgan fingerprint density at radius 1 is 0.946 bits per heavy atom. The topological polar surface area (TPSA) is 74.6 Å². The van der Waals surface area contributed by atoms with E-state index in [4.69, 9.17) is 19.2 Å². The van der Waals surface area contributed by atoms with Crippen LogP contribution in [0, 0.1) is 13.8 Å². The molecule has 0 unspecified atom stereocenters. The van der Waals surface area contributed by atoms with Crippen LogP contribution in [-0.2, 0) is 24.2 Å². The molecule has 0 saturated heterocycles. The average Bonchev–Trinajstić information content (AvgIpc) is 3.25. The lowest BCUT2D eigenvalue weighted by molar-refractivity contribution is -0.120. The zero-order valence-corrected chi connectivity index (χ0v) is 22.0. The molecule has 0 saturated carbocycles. The first kappa shape index (κ1) is 26.1. The van der Waals surface area contributed by atoms with Crippen molar-refractivity contribution in [1.82, 2.24) is 14.9 Å². The van der Waals surface area contributed by atoms with Crippen molar-refractivity contribution in [3.8, 4) is 17.2 Å². The van der Waals surface area contributed by atoms with Gasteiger partial charge in [0.05, 0.1) is 38.2 Å². The number of carbonyl (C=O) groups is 1. The third-order valence-electron chi connectivity index (χ3n) is 6.36. The van der Waals surface area contributed by atoms with Crippen molar-refractivity contribution in [2.45, 2.75) is 39.7 Å². The SMILES string of the molecule is COc1ccc(CC(=O)NCCCc2nc3ccccc3n2CCOc2cc(C)ccc2C)cc1OC. The maximum Gasteiger partial charge on any atom is 0.224 e. The largest absolute Gasteiger partial charge is 0.493 e. The van der Waals surface area contributed by atoms with Crippen LogP contribution >= 0.6 is 0 Å². The highest BCUT2D eigenvalue weighted by atomic mass is 16.5. The number of nitrogens with one attached hydrogen (secondary N) is 1. The van der Waals surface area contributed by atoms with Crippen LogP contribution in [0.5, 0.6) is 17.2 Å². The highest BCUT2D eigenvalue weighted by Crippen LogP contribution is 2.27. The Morgan fingerprint density at radius 2 is 1.76 bits per heavy atom. The number of hydrogen-bond donors (Lipinski definition) is 1. The van der Waals surface area contributed by atoms with Gasteiger partial charge in [-0.1, -0.05) is 30.3 Å². The van der Waals surface area contributed by atoms with Gasteiger partial charge in [0.1, 0.15) is 18.2 Å². The van der Waals surface area contributed by atoms with E-state index in [1.165, 1.54) is 5.56 Å². The summed E-state index contributed by atoms with van der Waals surface area (Å²) in [5.41, 5.74) is 5.26. The number of benzene rings is 3. The van der Waals surface area contributed by atoms with E-state index in [2.05, 4.69) is 48.0 Å². The van der Waals surface area contributed by atoms with E-state index in [0.717, 1.165) is 46.6 Å². The summed E-state index contributed by atoms with van der Waals surface area (Å²) in [7, 11) is 3.18. The third kappa shape index (κ3) is 6.61. The van der Waals surface area contributed by atoms with Crippen molar-refractivity contribution in [3.05, 3.63) is 83.2 Å². The molecule has 7 nitrogen and oxygen atoms in total. The summed E-state index contributed by atoms with van der Waals surface area (Å²) >= 11 is 0. The van der Waals surface area contributed by atoms with Crippen LogP contribution in [0.15, 0.2) is 60.7 Å². The Bertz CT molecular complexity index is 1360. The number of rotatable bonds is 12. The monoisotopic (exact) mass is 501 g/mol. The molecule has 1 N–H and O–H groups in total. The van der Waals surface area contributed by atoms with Crippen LogP contribution in [0.1, 0.15) is 28.9 Å². The minimum absolute atomic E-state index is 0.0253. The second-order valence-electron chi connectivity index (χ2n) is 9.11. The summed E-state index contributed by atoms with van der Waals surface area (Å²) in [5.74, 6) is 3.16. The molecule has 194 valence electrons. The van der Waals surface area contributed by atoms with Gasteiger partial charge in [-0.25, -0.2) is 4.98 Å². The maximum absolute atomic E-state index is 12.5. The standard InChI is InChI=1S/C30H35N3O4/c1-21-11-12-22(2)27(18-21)37-17-16-33-25-9-6-5-8-24(25)32-29(33)10-7-15-31-30(34)20-23-13-14-26(35-3)28(19-23)36-4/h5-6,8-9,11-14,18-19H,7,10,15-17,20H2,1-4H3,(H,31,34). The molecule has 7 heteroatoms. The van der Waals surface area contributed by atoms with E-state index in [0.29, 0.717) is 31.2 Å². The predicted octanol–water partition coefficient (Wildman–Crippen LogP) is 5.04. The molecule has 0 aliphatic carbocycles. The number of methoxy groups -OCH3 is 2. The molecule has 37 heavy (non-hydrogen) atoms. The van der Waals surface area contributed by atoms with Crippen molar-refractivity contribution in [3.63, 3.8) is 0 Å². The van der Waals surface area contributed by atoms with E-state index in [9.17, 15) is 4.79 Å². The van der Waals surface area contributed by atoms with Gasteiger partial charge in [0, 0.05) is 13.0 Å². The van der Waals surface area contributed by atoms with Crippen molar-refractivity contribution < 1.29 is 19.0 Å². The van der Waals surface area contributed by atoms with E-state index in [-0.39, 0.29) is 12.3 Å². The van der Waals surface area contributed by atoms with E-state index >= 15 is 0 Å². The van der Waals surface area contributed by atoms with Gasteiger partial charge in [-0.05, 0) is 67.3 Å². The fourth-order valence-corrected chi connectivity index (χ4v) is 4.39. The fourth-order valence-electron chi connectivity index (χ4n) is 4.39. The normalized spacial score (nSPS) is 10.9. The Hall–Kier alpha value is -4.00. The van der Waals surface area contributed by atoms with Gasteiger partial charge in [-0.2, -0.15) is 0 Å². The zero-order valence-electron chi connectivity index (χ0n) is 22.0. The number of hydrogen-bond acceptors (Lipinski definition) is 5. The van der Waals surface area contributed by atoms with Crippen LogP contribution in [0.25, 0.3) is 11.0 Å². The first-order valence-electron chi connectivity index (χ1n) is 12.6. The minimum atomic E-state index is -0.0253. The van der Waals surface area contributed by atoms with Gasteiger partial charge in [-0.15, -0.1) is 0 Å². The quantitative estimate of drug-likeness (QED) is 0.275. The number of amides is 1. The van der Waals surface area contributed by atoms with Crippen molar-refractivity contribution >= 4 is 16.9 Å². The molecule has 0 radical (unpaired) electrons. The first-order chi connectivity index (χ1) is 18.0. The number of aryl methyl sites for hydroxylation is 3. The summed E-state index contributed by atoms with van der Waals surface area (Å²) < 4.78 is 18.9. The summed E-state index contributed by atoms with van der Waals surface area (Å²) in [4.78, 5) is 17.4. The summed E-state index contributed by atoms with van der Waals surface area (Å²) in [6.45, 7) is 5.97. The Kier molecular flexibility index (Phi) is 8.67. The summed E-state index contributed by atoms with van der Waals surface area (Å²) in [6.07, 6.45) is 1.84. The van der Waals surface area contributed by atoms with Gasteiger partial charge in [0.15, 0.2) is 11.5 Å². The van der Waals surface area contributed by atoms with Gasteiger partial charge in [0.2, 0.25) is 5.91 Å². The second-order valence-corrected chi connectivity index (χ2v) is 9.11. The number of aromatic nitrogens is 2. The summed E-state index contributed by atoms with van der Waals surface area (Å²) in [6, 6.07) is 19.9. The first-order valence-corrected chi connectivity index (χ1v) is 12.6. The number of nitrogens with zero attached hydrogens (tertiary/aromatic N) is 2. The molecule has 4 aromatic rings. The molecular formula is C30H35N3O4. The number of ether oxygens (including phenoxy) is 3. The molecule has 1 aromatic heterocycles. The number of carbonyl (C=O) groups excluding carboxylic acids is 1. The Balaban J connectivity index is 1.33. The van der Waals surface area contributed by atoms with Crippen molar-refractivity contribution in [2.75, 3.05) is 27.4 Å². The number of fused-ring (bicyclic) bond motifs is 1. The zero-order chi connectivity index (χ0) is 26.2. The fraction of sp³-hybridized carbons (Fsp3) is 0.333. The second kappa shape index (κ2) is 12.3. The smallest absolute Gasteiger partial charge is 0.224 e. The highest BCUT2D eigenvalue weighted by Gasteiger charge is 2.12. The van der Waals surface area contributed by atoms with Crippen LogP contribution in [-0.4, -0.2) is 42.8 Å². The van der Waals surface area contributed by atoms with Crippen molar-refractivity contribution in [2.24, 2.45) is 0 Å². The molecule has 1 heterocycles. The molecule has 0 fully saturated rings. The van der Waals surface area contributed by atoms with Gasteiger partial charge < -0.3 is 24.1 Å². The van der Waals surface area contributed by atoms with Crippen LogP contribution in [0.4, 0.5) is 0 Å². The summed E-state index contributed by atoms with van der Waals surface area (Å²) in [5, 5.41) is 3.02. The Morgan fingerprint density at radius 3 is 2.57 bits per heavy atom. The molecule has 0 bridgehead atoms. The molecule has 0 aliphatic heterocycles. The third-order valence-corrected chi connectivity index (χ3v) is 6.36. The highest BCUT2D eigenvalue weighted by molar-refractivity contribution is 5.79. The van der Waals surface area contributed by atoms with Crippen LogP contribution in [0.3, 0.4) is 0 Å². The molecule has 0 spiro atoms. The average molecular weight is 502 g/mol. The van der Waals surface area contributed by atoms with E-state index in [1.54, 1.807) is 14.2 Å². The molecule has 4 rings (SSSR count). The molecular weight excluding hydrogens is 466 g/mol. The lowest BCUT2D eigenvalue weighted by Gasteiger charge is -2.13. The van der Waals surface area contributed by atoms with E-state index in [1.807, 2.05) is 36.4 Å². The lowest BCUT2D eigenvalue weighted by atomic mass is 10.1. The Labute approximate surface area is 218 Å². The lowest BCUT2D eigenvalue weighted by Crippen LogP contribution is -2.26. The molecule has 0 atom stereocenters. The molecule has 0 aliphatic rings. The van der Waals surface area contributed by atoms with Gasteiger partial charge >= 0.3 is 0 Å². The molecule has 1 amide bonds. The van der Waals surface area contributed by atoms with Crippen molar-refractivity contribution in [1.29, 1.82) is 0 Å². The predicted molar refractivity (Wildman–Crippen MR) is 146 cm³/mol. The van der Waals surface area contributed by atoms with Gasteiger partial charge in [0.25, 0.3) is 0 Å².